The number of hydrogen-bond donors (Lipinski definition) is 0. The average molecular weight is 185 g/mol. The monoisotopic (exact) mass is 185 g/mol. The van der Waals surface area contributed by atoms with Crippen molar-refractivity contribution in [2.75, 3.05) is 0 Å². The van der Waals surface area contributed by atoms with Gasteiger partial charge < -0.3 is 4.57 Å². The zero-order valence-corrected chi connectivity index (χ0v) is 8.91. The molecule has 1 heterocycles. The Kier molecular flexibility index (Phi) is 2.16. The predicted octanol–water partition coefficient (Wildman–Crippen LogP) is 3.40. The van der Waals surface area contributed by atoms with E-state index in [0.717, 1.165) is 0 Å². The highest BCUT2D eigenvalue weighted by Crippen LogP contribution is 2.20. The van der Waals surface area contributed by atoms with E-state index >= 15 is 0 Å². The molecule has 2 aromatic rings. The molecule has 0 unspecified atom stereocenters. The zero-order valence-electron chi connectivity index (χ0n) is 8.91. The molecule has 0 saturated carbocycles. The minimum atomic E-state index is 1.31. The van der Waals surface area contributed by atoms with Crippen LogP contribution >= 0.6 is 0 Å². The van der Waals surface area contributed by atoms with Crippen LogP contribution in [0.3, 0.4) is 0 Å². The molecule has 0 spiro atoms. The SMILES string of the molecule is Cc1cc(C)c(-n2cccc2)c(C)c1. The van der Waals surface area contributed by atoms with Gasteiger partial charge in [0.25, 0.3) is 0 Å². The molecule has 0 aliphatic rings. The molecule has 1 heteroatoms. The minimum Gasteiger partial charge on any atom is -0.323 e. The van der Waals surface area contributed by atoms with Gasteiger partial charge in [0.2, 0.25) is 0 Å². The van der Waals surface area contributed by atoms with Gasteiger partial charge in [-0.1, -0.05) is 17.7 Å². The number of rotatable bonds is 1. The van der Waals surface area contributed by atoms with Crippen LogP contribution in [0.5, 0.6) is 0 Å². The number of nitrogens with zero attached hydrogens (tertiary/aromatic N) is 1. The van der Waals surface area contributed by atoms with Crippen molar-refractivity contribution in [1.29, 1.82) is 0 Å². The van der Waals surface area contributed by atoms with Gasteiger partial charge in [-0.15, -0.1) is 0 Å². The fourth-order valence-corrected chi connectivity index (χ4v) is 2.06. The van der Waals surface area contributed by atoms with Crippen LogP contribution in [0.15, 0.2) is 36.7 Å². The summed E-state index contributed by atoms with van der Waals surface area (Å²) >= 11 is 0. The average Bonchev–Trinajstić information content (AvgIpc) is 2.54. The molecule has 0 bridgehead atoms. The first-order valence-corrected chi connectivity index (χ1v) is 4.89. The Balaban J connectivity index is 2.64. The lowest BCUT2D eigenvalue weighted by Gasteiger charge is -2.12. The van der Waals surface area contributed by atoms with Crippen molar-refractivity contribution >= 4 is 0 Å². The van der Waals surface area contributed by atoms with Crippen LogP contribution in [-0.2, 0) is 0 Å². The van der Waals surface area contributed by atoms with Crippen molar-refractivity contribution in [3.8, 4) is 5.69 Å². The lowest BCUT2D eigenvalue weighted by molar-refractivity contribution is 1.04. The molecule has 0 fully saturated rings. The van der Waals surface area contributed by atoms with Gasteiger partial charge in [-0.3, -0.25) is 0 Å². The van der Waals surface area contributed by atoms with Crippen molar-refractivity contribution in [2.24, 2.45) is 0 Å². The highest BCUT2D eigenvalue weighted by molar-refractivity contribution is 5.49. The Labute approximate surface area is 85.0 Å². The van der Waals surface area contributed by atoms with Gasteiger partial charge in [-0.25, -0.2) is 0 Å². The van der Waals surface area contributed by atoms with Crippen molar-refractivity contribution in [1.82, 2.24) is 4.57 Å². The third-order valence-electron chi connectivity index (χ3n) is 2.50. The summed E-state index contributed by atoms with van der Waals surface area (Å²) in [6.07, 6.45) is 4.18. The molecule has 0 saturated heterocycles. The van der Waals surface area contributed by atoms with Gasteiger partial charge in [-0.05, 0) is 44.0 Å². The first-order valence-electron chi connectivity index (χ1n) is 4.89. The first kappa shape index (κ1) is 9.07. The highest BCUT2D eigenvalue weighted by atomic mass is 14.9. The second-order valence-corrected chi connectivity index (χ2v) is 3.84. The summed E-state index contributed by atoms with van der Waals surface area (Å²) in [4.78, 5) is 0. The van der Waals surface area contributed by atoms with E-state index in [4.69, 9.17) is 0 Å². The summed E-state index contributed by atoms with van der Waals surface area (Å²) in [5.41, 5.74) is 5.30. The number of hydrogen-bond acceptors (Lipinski definition) is 0. The molecule has 0 radical (unpaired) electrons. The minimum absolute atomic E-state index is 1.31. The van der Waals surface area contributed by atoms with Gasteiger partial charge >= 0.3 is 0 Å². The molecule has 0 aliphatic heterocycles. The van der Waals surface area contributed by atoms with E-state index in [1.165, 1.54) is 22.4 Å². The second kappa shape index (κ2) is 3.33. The smallest absolute Gasteiger partial charge is 0.0507 e. The molecule has 1 nitrogen and oxygen atoms in total. The number of benzene rings is 1. The van der Waals surface area contributed by atoms with E-state index in [9.17, 15) is 0 Å². The predicted molar refractivity (Wildman–Crippen MR) is 60.0 cm³/mol. The Hall–Kier alpha value is -1.50. The van der Waals surface area contributed by atoms with Gasteiger partial charge in [0.15, 0.2) is 0 Å². The van der Waals surface area contributed by atoms with Crippen LogP contribution in [0.4, 0.5) is 0 Å². The second-order valence-electron chi connectivity index (χ2n) is 3.84. The Bertz CT molecular complexity index is 415. The maximum absolute atomic E-state index is 2.22. The van der Waals surface area contributed by atoms with Gasteiger partial charge in [-0.2, -0.15) is 0 Å². The van der Waals surface area contributed by atoms with Crippen molar-refractivity contribution in [3.63, 3.8) is 0 Å². The molecule has 1 aromatic heterocycles. The molecular weight excluding hydrogens is 170 g/mol. The van der Waals surface area contributed by atoms with Gasteiger partial charge in [0, 0.05) is 12.4 Å². The van der Waals surface area contributed by atoms with E-state index in [0.29, 0.717) is 0 Å². The summed E-state index contributed by atoms with van der Waals surface area (Å²) in [7, 11) is 0. The third kappa shape index (κ3) is 1.46. The number of aromatic nitrogens is 1. The van der Waals surface area contributed by atoms with Crippen molar-refractivity contribution in [3.05, 3.63) is 53.3 Å². The first-order chi connectivity index (χ1) is 6.68. The van der Waals surface area contributed by atoms with E-state index in [2.05, 4.69) is 62.0 Å². The lowest BCUT2D eigenvalue weighted by Crippen LogP contribution is -1.97. The lowest BCUT2D eigenvalue weighted by atomic mass is 10.1. The Morgan fingerprint density at radius 3 is 1.86 bits per heavy atom. The van der Waals surface area contributed by atoms with Crippen LogP contribution in [0, 0.1) is 20.8 Å². The quantitative estimate of drug-likeness (QED) is 0.641. The van der Waals surface area contributed by atoms with Crippen molar-refractivity contribution < 1.29 is 0 Å². The molecule has 14 heavy (non-hydrogen) atoms. The van der Waals surface area contributed by atoms with E-state index < -0.39 is 0 Å². The van der Waals surface area contributed by atoms with E-state index in [1.54, 1.807) is 0 Å². The summed E-state index contributed by atoms with van der Waals surface area (Å²) in [6.45, 7) is 6.46. The molecule has 2 rings (SSSR count). The molecule has 0 aliphatic carbocycles. The summed E-state index contributed by atoms with van der Waals surface area (Å²) in [5.74, 6) is 0. The van der Waals surface area contributed by atoms with Crippen molar-refractivity contribution in [2.45, 2.75) is 20.8 Å². The maximum Gasteiger partial charge on any atom is 0.0507 e. The zero-order chi connectivity index (χ0) is 10.1. The molecule has 1 aromatic carbocycles. The maximum atomic E-state index is 2.22. The van der Waals surface area contributed by atoms with Crippen LogP contribution in [0.1, 0.15) is 16.7 Å². The fourth-order valence-electron chi connectivity index (χ4n) is 2.06. The van der Waals surface area contributed by atoms with Crippen LogP contribution in [0.25, 0.3) is 5.69 Å². The topological polar surface area (TPSA) is 4.93 Å². The molecule has 0 N–H and O–H groups in total. The van der Waals surface area contributed by atoms with Gasteiger partial charge in [0.1, 0.15) is 0 Å². The van der Waals surface area contributed by atoms with Crippen LogP contribution in [-0.4, -0.2) is 4.57 Å². The van der Waals surface area contributed by atoms with E-state index in [1.807, 2.05) is 0 Å². The normalized spacial score (nSPS) is 10.5. The fraction of sp³-hybridized carbons (Fsp3) is 0.231. The molecule has 0 atom stereocenters. The Morgan fingerprint density at radius 2 is 1.36 bits per heavy atom. The van der Waals surface area contributed by atoms with Gasteiger partial charge in [0.05, 0.1) is 5.69 Å². The summed E-state index contributed by atoms with van der Waals surface area (Å²) in [5, 5.41) is 0. The summed E-state index contributed by atoms with van der Waals surface area (Å²) < 4.78 is 2.17. The van der Waals surface area contributed by atoms with E-state index in [-0.39, 0.29) is 0 Å². The Morgan fingerprint density at radius 1 is 0.857 bits per heavy atom. The van der Waals surface area contributed by atoms with Crippen LogP contribution in [0.2, 0.25) is 0 Å². The van der Waals surface area contributed by atoms with Crippen LogP contribution < -0.4 is 0 Å². The third-order valence-corrected chi connectivity index (χ3v) is 2.50. The molecule has 72 valence electrons. The summed E-state index contributed by atoms with van der Waals surface area (Å²) in [6, 6.07) is 8.56. The molecule has 0 amide bonds. The number of aryl methyl sites for hydroxylation is 3. The largest absolute Gasteiger partial charge is 0.323 e. The highest BCUT2D eigenvalue weighted by Gasteiger charge is 2.04. The molecular formula is C13H15N. The standard InChI is InChI=1S/C13H15N/c1-10-8-11(2)13(12(3)9-10)14-6-4-5-7-14/h4-9H,1-3H3.